The Morgan fingerprint density at radius 2 is 0.886 bits per heavy atom. The minimum absolute atomic E-state index is 0.148. The van der Waals surface area contributed by atoms with Crippen molar-refractivity contribution in [3.8, 4) is 0 Å². The van der Waals surface area contributed by atoms with Gasteiger partial charge in [-0.3, -0.25) is 0 Å². The second-order valence-corrected chi connectivity index (χ2v) is 14.2. The molecule has 0 N–H and O–H groups in total. The molecule has 192 valence electrons. The number of rotatable bonds is 6. The molecule has 0 aliphatic carbocycles. The van der Waals surface area contributed by atoms with Gasteiger partial charge in [0.15, 0.2) is 0 Å². The Morgan fingerprint density at radius 3 is 1.17 bits per heavy atom. The van der Waals surface area contributed by atoms with Crippen molar-refractivity contribution in [2.75, 3.05) is 26.2 Å². The molecule has 0 radical (unpaired) electrons. The maximum atomic E-state index is 13.0. The number of sulfonamides is 2. The molecule has 0 saturated carbocycles. The van der Waals surface area contributed by atoms with E-state index in [-0.39, 0.29) is 34.2 Å². The molecule has 0 amide bonds. The van der Waals surface area contributed by atoms with E-state index in [1.807, 2.05) is 27.7 Å². The van der Waals surface area contributed by atoms with E-state index in [1.165, 1.54) is 20.4 Å². The van der Waals surface area contributed by atoms with Crippen LogP contribution in [0.5, 0.6) is 0 Å². The molecule has 2 aliphatic heterocycles. The third-order valence-electron chi connectivity index (χ3n) is 5.93. The topological polar surface area (TPSA) is 93.2 Å². The van der Waals surface area contributed by atoms with E-state index in [9.17, 15) is 16.8 Å². The predicted octanol–water partition coefficient (Wildman–Crippen LogP) is 3.43. The number of benzene rings is 2. The Morgan fingerprint density at radius 1 is 0.600 bits per heavy atom. The summed E-state index contributed by atoms with van der Waals surface area (Å²) in [5.74, 6) is 0. The van der Waals surface area contributed by atoms with E-state index in [0.29, 0.717) is 26.2 Å². The zero-order chi connectivity index (χ0) is 25.4. The van der Waals surface area contributed by atoms with Gasteiger partial charge in [0, 0.05) is 36.0 Å². The molecule has 0 aromatic heterocycles. The summed E-state index contributed by atoms with van der Waals surface area (Å²) in [7, 11) is -7.19. The number of hydrogen-bond acceptors (Lipinski definition) is 7. The second kappa shape index (κ2) is 10.5. The van der Waals surface area contributed by atoms with E-state index >= 15 is 0 Å². The van der Waals surface area contributed by atoms with Crippen molar-refractivity contribution in [3.63, 3.8) is 0 Å². The molecule has 2 heterocycles. The maximum Gasteiger partial charge on any atom is 0.243 e. The van der Waals surface area contributed by atoms with Gasteiger partial charge >= 0.3 is 0 Å². The smallest absolute Gasteiger partial charge is 0.243 e. The van der Waals surface area contributed by atoms with Crippen LogP contribution in [0, 0.1) is 0 Å². The Hall–Kier alpha value is -1.47. The van der Waals surface area contributed by atoms with Gasteiger partial charge in [-0.15, -0.1) is 0 Å². The molecule has 35 heavy (non-hydrogen) atoms. The van der Waals surface area contributed by atoms with Gasteiger partial charge in [0.1, 0.15) is 0 Å². The largest absolute Gasteiger partial charge is 0.373 e. The van der Waals surface area contributed by atoms with Crippen LogP contribution in [0.15, 0.2) is 68.1 Å². The van der Waals surface area contributed by atoms with E-state index in [2.05, 4.69) is 0 Å². The van der Waals surface area contributed by atoms with Gasteiger partial charge in [-0.1, -0.05) is 11.8 Å². The minimum atomic E-state index is -3.59. The lowest BCUT2D eigenvalue weighted by Gasteiger charge is -2.34. The van der Waals surface area contributed by atoms with Crippen LogP contribution in [0.1, 0.15) is 27.7 Å². The third kappa shape index (κ3) is 6.10. The molecular weight excluding hydrogens is 508 g/mol. The highest BCUT2D eigenvalue weighted by atomic mass is 32.2. The number of ether oxygens (including phenoxy) is 2. The highest BCUT2D eigenvalue weighted by Gasteiger charge is 2.33. The van der Waals surface area contributed by atoms with E-state index in [4.69, 9.17) is 9.47 Å². The van der Waals surface area contributed by atoms with Crippen molar-refractivity contribution >= 4 is 31.8 Å². The summed E-state index contributed by atoms with van der Waals surface area (Å²) in [5.41, 5.74) is 0. The van der Waals surface area contributed by atoms with Crippen LogP contribution in [-0.4, -0.2) is 76.0 Å². The first kappa shape index (κ1) is 26.6. The maximum absolute atomic E-state index is 13.0. The van der Waals surface area contributed by atoms with E-state index in [0.717, 1.165) is 9.79 Å². The first-order valence-corrected chi connectivity index (χ1v) is 15.3. The summed E-state index contributed by atoms with van der Waals surface area (Å²) in [4.78, 5) is 2.22. The average Bonchev–Trinajstić information content (AvgIpc) is 2.78. The molecule has 4 rings (SSSR count). The van der Waals surface area contributed by atoms with Crippen LogP contribution < -0.4 is 0 Å². The van der Waals surface area contributed by atoms with Crippen LogP contribution in [0.2, 0.25) is 0 Å². The minimum Gasteiger partial charge on any atom is -0.373 e. The van der Waals surface area contributed by atoms with Gasteiger partial charge in [-0.2, -0.15) is 8.61 Å². The van der Waals surface area contributed by atoms with Crippen LogP contribution in [0.4, 0.5) is 0 Å². The van der Waals surface area contributed by atoms with Crippen molar-refractivity contribution in [1.29, 1.82) is 0 Å². The van der Waals surface area contributed by atoms with Crippen molar-refractivity contribution in [2.24, 2.45) is 0 Å². The summed E-state index contributed by atoms with van der Waals surface area (Å²) >= 11 is 1.44. The molecule has 2 aliphatic rings. The standard InChI is InChI=1S/C24H32N2O6S3/c1-17-13-25(14-18(2)31-17)34(27,28)23-9-5-21(6-10-23)33-22-7-11-24(12-8-22)35(29,30)26-15-19(3)32-20(4)16-26/h5-12,17-20H,13-16H2,1-4H3/t17-,18-,19-,20+/m0/s1. The van der Waals surface area contributed by atoms with Gasteiger partial charge < -0.3 is 9.47 Å². The lowest BCUT2D eigenvalue weighted by Crippen LogP contribution is -2.48. The summed E-state index contributed by atoms with van der Waals surface area (Å²) in [6.07, 6.45) is -0.592. The normalized spacial score (nSPS) is 27.1. The molecule has 2 saturated heterocycles. The zero-order valence-electron chi connectivity index (χ0n) is 20.3. The van der Waals surface area contributed by atoms with Crippen molar-refractivity contribution in [3.05, 3.63) is 48.5 Å². The monoisotopic (exact) mass is 540 g/mol. The van der Waals surface area contributed by atoms with Crippen molar-refractivity contribution in [1.82, 2.24) is 8.61 Å². The quantitative estimate of drug-likeness (QED) is 0.554. The van der Waals surface area contributed by atoms with Crippen LogP contribution in [0.25, 0.3) is 0 Å². The Kier molecular flexibility index (Phi) is 7.97. The predicted molar refractivity (Wildman–Crippen MR) is 135 cm³/mol. The molecule has 0 spiro atoms. The first-order valence-electron chi connectivity index (χ1n) is 11.6. The number of hydrogen-bond donors (Lipinski definition) is 0. The lowest BCUT2D eigenvalue weighted by molar-refractivity contribution is -0.0442. The molecule has 2 fully saturated rings. The van der Waals surface area contributed by atoms with Gasteiger partial charge in [0.05, 0.1) is 34.2 Å². The lowest BCUT2D eigenvalue weighted by atomic mass is 10.3. The molecular formula is C24H32N2O6S3. The molecule has 11 heteroatoms. The fourth-order valence-corrected chi connectivity index (χ4v) is 8.45. The van der Waals surface area contributed by atoms with Crippen molar-refractivity contribution in [2.45, 2.75) is 71.7 Å². The first-order chi connectivity index (χ1) is 16.4. The van der Waals surface area contributed by atoms with Gasteiger partial charge in [-0.25, -0.2) is 16.8 Å². The van der Waals surface area contributed by atoms with Gasteiger partial charge in [0.25, 0.3) is 0 Å². The SMILES string of the molecule is C[C@@H]1CN(S(=O)(=O)c2ccc(Sc3ccc(S(=O)(=O)N4C[C@H](C)O[C@@H](C)C4)cc3)cc2)C[C@H](C)O1. The molecule has 0 unspecified atom stereocenters. The number of morpholine rings is 2. The van der Waals surface area contributed by atoms with E-state index in [1.54, 1.807) is 48.5 Å². The van der Waals surface area contributed by atoms with Crippen molar-refractivity contribution < 1.29 is 26.3 Å². The number of nitrogens with zero attached hydrogens (tertiary/aromatic N) is 2. The summed E-state index contributed by atoms with van der Waals surface area (Å²) in [5, 5.41) is 0. The highest BCUT2D eigenvalue weighted by Crippen LogP contribution is 2.31. The van der Waals surface area contributed by atoms with Gasteiger partial charge in [0.2, 0.25) is 20.0 Å². The highest BCUT2D eigenvalue weighted by molar-refractivity contribution is 7.99. The summed E-state index contributed by atoms with van der Waals surface area (Å²) in [6.45, 7) is 8.82. The summed E-state index contributed by atoms with van der Waals surface area (Å²) < 4.78 is 66.4. The summed E-state index contributed by atoms with van der Waals surface area (Å²) in [6, 6.07) is 13.5. The van der Waals surface area contributed by atoms with Crippen LogP contribution in [0.3, 0.4) is 0 Å². The Balaban J connectivity index is 1.44. The molecule has 2 aromatic carbocycles. The van der Waals surface area contributed by atoms with Crippen LogP contribution >= 0.6 is 11.8 Å². The fraction of sp³-hybridized carbons (Fsp3) is 0.500. The molecule has 8 nitrogen and oxygen atoms in total. The zero-order valence-corrected chi connectivity index (χ0v) is 22.8. The average molecular weight is 541 g/mol. The molecule has 0 bridgehead atoms. The fourth-order valence-electron chi connectivity index (χ4n) is 4.45. The third-order valence-corrected chi connectivity index (χ3v) is 10.6. The Labute approximate surface area is 212 Å². The van der Waals surface area contributed by atoms with Gasteiger partial charge in [-0.05, 0) is 76.2 Å². The van der Waals surface area contributed by atoms with E-state index < -0.39 is 20.0 Å². The van der Waals surface area contributed by atoms with Crippen LogP contribution in [-0.2, 0) is 29.5 Å². The Bertz CT molecular complexity index is 1120. The second-order valence-electron chi connectivity index (χ2n) is 9.20. The molecule has 4 atom stereocenters. The molecule has 2 aromatic rings.